The van der Waals surface area contributed by atoms with E-state index in [4.69, 9.17) is 10.7 Å². The first-order valence-corrected chi connectivity index (χ1v) is 9.42. The van der Waals surface area contributed by atoms with Crippen molar-refractivity contribution in [2.45, 2.75) is 26.2 Å². The molecule has 4 nitrogen and oxygen atoms in total. The number of nitrogens with zero attached hydrogens (tertiary/aromatic N) is 1. The highest BCUT2D eigenvalue weighted by Crippen LogP contribution is 2.36. The Hall–Kier alpha value is -1.92. The zero-order chi connectivity index (χ0) is 16.8. The number of amides is 1. The molecule has 6 heteroatoms. The van der Waals surface area contributed by atoms with Crippen LogP contribution in [0.25, 0.3) is 10.2 Å². The molecule has 0 bridgehead atoms. The largest absolute Gasteiger partial charge is 0.397 e. The van der Waals surface area contributed by atoms with Crippen molar-refractivity contribution >= 4 is 54.8 Å². The Labute approximate surface area is 152 Å². The second-order valence-corrected chi connectivity index (χ2v) is 7.97. The number of hydrogen-bond donors (Lipinski definition) is 2. The van der Waals surface area contributed by atoms with Gasteiger partial charge in [0, 0.05) is 21.2 Å². The number of rotatable bonds is 2. The van der Waals surface area contributed by atoms with Crippen molar-refractivity contribution in [2.75, 3.05) is 11.1 Å². The van der Waals surface area contributed by atoms with Crippen molar-refractivity contribution in [3.05, 3.63) is 50.4 Å². The Balaban J connectivity index is 1.70. The molecule has 122 valence electrons. The van der Waals surface area contributed by atoms with E-state index in [1.165, 1.54) is 16.9 Å². The lowest BCUT2D eigenvalue weighted by Gasteiger charge is -2.08. The van der Waals surface area contributed by atoms with Crippen LogP contribution in [0.1, 0.15) is 32.9 Å². The summed E-state index contributed by atoms with van der Waals surface area (Å²) in [5, 5.41) is 3.86. The van der Waals surface area contributed by atoms with E-state index >= 15 is 0 Å². The number of thiophene rings is 1. The molecule has 0 unspecified atom stereocenters. The monoisotopic (exact) mass is 401 g/mol. The molecule has 1 amide bonds. The van der Waals surface area contributed by atoms with Crippen molar-refractivity contribution in [1.29, 1.82) is 0 Å². The predicted octanol–water partition coefficient (Wildman–Crippen LogP) is 4.69. The molecular formula is C18H16BrN3OS. The van der Waals surface area contributed by atoms with E-state index in [1.807, 2.05) is 25.1 Å². The van der Waals surface area contributed by atoms with Crippen LogP contribution in [-0.4, -0.2) is 10.9 Å². The van der Waals surface area contributed by atoms with Crippen LogP contribution in [0, 0.1) is 6.92 Å². The van der Waals surface area contributed by atoms with Gasteiger partial charge in [-0.3, -0.25) is 4.79 Å². The highest BCUT2D eigenvalue weighted by Gasteiger charge is 2.21. The number of aryl methyl sites for hydroxylation is 3. The number of hydrogen-bond acceptors (Lipinski definition) is 4. The lowest BCUT2D eigenvalue weighted by molar-refractivity contribution is 0.103. The minimum Gasteiger partial charge on any atom is -0.397 e. The average Bonchev–Trinajstić information content (AvgIpc) is 3.12. The van der Waals surface area contributed by atoms with Crippen LogP contribution in [-0.2, 0) is 12.8 Å². The summed E-state index contributed by atoms with van der Waals surface area (Å²) in [6.07, 6.45) is 3.21. The highest BCUT2D eigenvalue weighted by molar-refractivity contribution is 9.10. The van der Waals surface area contributed by atoms with Gasteiger partial charge >= 0.3 is 0 Å². The second-order valence-electron chi connectivity index (χ2n) is 6.06. The summed E-state index contributed by atoms with van der Waals surface area (Å²) >= 11 is 4.80. The first-order chi connectivity index (χ1) is 11.5. The number of nitrogen functional groups attached to an aromatic ring is 1. The first kappa shape index (κ1) is 15.6. The van der Waals surface area contributed by atoms with E-state index in [9.17, 15) is 4.79 Å². The summed E-state index contributed by atoms with van der Waals surface area (Å²) in [6, 6.07) is 7.87. The lowest BCUT2D eigenvalue weighted by Crippen LogP contribution is -2.12. The van der Waals surface area contributed by atoms with E-state index in [-0.39, 0.29) is 5.91 Å². The Morgan fingerprint density at radius 3 is 2.96 bits per heavy atom. The molecule has 3 N–H and O–H groups in total. The van der Waals surface area contributed by atoms with Crippen LogP contribution in [0.2, 0.25) is 0 Å². The van der Waals surface area contributed by atoms with Gasteiger partial charge in [-0.15, -0.1) is 11.3 Å². The molecule has 0 fully saturated rings. The topological polar surface area (TPSA) is 68.0 Å². The van der Waals surface area contributed by atoms with E-state index in [2.05, 4.69) is 27.3 Å². The molecule has 0 saturated heterocycles. The Morgan fingerprint density at radius 1 is 1.33 bits per heavy atom. The minimum absolute atomic E-state index is 0.180. The molecule has 0 spiro atoms. The van der Waals surface area contributed by atoms with E-state index < -0.39 is 0 Å². The van der Waals surface area contributed by atoms with Crippen molar-refractivity contribution < 1.29 is 4.79 Å². The number of aromatic nitrogens is 1. The van der Waals surface area contributed by atoms with Crippen molar-refractivity contribution in [1.82, 2.24) is 4.98 Å². The van der Waals surface area contributed by atoms with Crippen molar-refractivity contribution in [3.8, 4) is 0 Å². The van der Waals surface area contributed by atoms with Gasteiger partial charge in [-0.25, -0.2) is 4.98 Å². The van der Waals surface area contributed by atoms with Gasteiger partial charge in [0.05, 0.1) is 5.69 Å². The van der Waals surface area contributed by atoms with Crippen LogP contribution in [0.4, 0.5) is 11.4 Å². The molecule has 1 aromatic carbocycles. The molecule has 2 heterocycles. The molecule has 1 aliphatic carbocycles. The van der Waals surface area contributed by atoms with Crippen LogP contribution >= 0.6 is 27.3 Å². The van der Waals surface area contributed by atoms with Crippen LogP contribution in [0.15, 0.2) is 28.7 Å². The van der Waals surface area contributed by atoms with Gasteiger partial charge in [-0.05, 0) is 61.6 Å². The van der Waals surface area contributed by atoms with Gasteiger partial charge in [0.2, 0.25) is 0 Å². The van der Waals surface area contributed by atoms with Gasteiger partial charge in [-0.2, -0.15) is 0 Å². The van der Waals surface area contributed by atoms with Crippen molar-refractivity contribution in [3.63, 3.8) is 0 Å². The van der Waals surface area contributed by atoms with Crippen molar-refractivity contribution in [2.24, 2.45) is 0 Å². The van der Waals surface area contributed by atoms with Gasteiger partial charge in [0.15, 0.2) is 0 Å². The summed E-state index contributed by atoms with van der Waals surface area (Å²) in [5.41, 5.74) is 11.0. The number of nitrogens with one attached hydrogen (secondary N) is 1. The fourth-order valence-corrected chi connectivity index (χ4v) is 4.58. The molecule has 4 rings (SSSR count). The standard InChI is InChI=1S/C18H16BrN3OS/c1-9-7-11(19)5-6-13(9)21-17(23)16-15(20)12-8-10-3-2-4-14(10)22-18(12)24-16/h5-8H,2-4,20H2,1H3,(H,21,23). The third-order valence-corrected chi connectivity index (χ3v) is 6.00. The smallest absolute Gasteiger partial charge is 0.267 e. The number of fused-ring (bicyclic) bond motifs is 2. The minimum atomic E-state index is -0.180. The normalized spacial score (nSPS) is 13.2. The lowest BCUT2D eigenvalue weighted by atomic mass is 10.1. The summed E-state index contributed by atoms with van der Waals surface area (Å²) in [7, 11) is 0. The Kier molecular flexibility index (Phi) is 3.81. The summed E-state index contributed by atoms with van der Waals surface area (Å²) in [6.45, 7) is 1.96. The average molecular weight is 402 g/mol. The maximum atomic E-state index is 12.7. The summed E-state index contributed by atoms with van der Waals surface area (Å²) in [5.74, 6) is -0.180. The molecule has 0 radical (unpaired) electrons. The first-order valence-electron chi connectivity index (χ1n) is 7.81. The predicted molar refractivity (Wildman–Crippen MR) is 103 cm³/mol. The molecule has 1 aliphatic rings. The highest BCUT2D eigenvalue weighted by atomic mass is 79.9. The molecule has 3 aromatic rings. The third-order valence-electron chi connectivity index (χ3n) is 4.39. The molecule has 24 heavy (non-hydrogen) atoms. The quantitative estimate of drug-likeness (QED) is 0.654. The molecule has 0 saturated carbocycles. The zero-order valence-electron chi connectivity index (χ0n) is 13.1. The van der Waals surface area contributed by atoms with Crippen LogP contribution in [0.3, 0.4) is 0 Å². The number of nitrogens with two attached hydrogens (primary N) is 1. The molecule has 0 aliphatic heterocycles. The Morgan fingerprint density at radius 2 is 2.17 bits per heavy atom. The maximum Gasteiger partial charge on any atom is 0.267 e. The number of carbonyl (C=O) groups excluding carboxylic acids is 1. The third kappa shape index (κ3) is 2.59. The summed E-state index contributed by atoms with van der Waals surface area (Å²) < 4.78 is 0.984. The van der Waals surface area contributed by atoms with E-state index in [0.29, 0.717) is 10.6 Å². The van der Waals surface area contributed by atoms with Crippen LogP contribution < -0.4 is 11.1 Å². The number of anilines is 2. The number of halogens is 1. The number of carbonyl (C=O) groups is 1. The second kappa shape index (κ2) is 5.86. The SMILES string of the molecule is Cc1cc(Br)ccc1NC(=O)c1sc2nc3c(cc2c1N)CCC3. The molecular weight excluding hydrogens is 386 g/mol. The van der Waals surface area contributed by atoms with E-state index in [0.717, 1.165) is 50.9 Å². The van der Waals surface area contributed by atoms with E-state index in [1.54, 1.807) is 0 Å². The number of benzene rings is 1. The number of pyridine rings is 1. The van der Waals surface area contributed by atoms with Crippen LogP contribution in [0.5, 0.6) is 0 Å². The zero-order valence-corrected chi connectivity index (χ0v) is 15.6. The van der Waals surface area contributed by atoms with Gasteiger partial charge in [-0.1, -0.05) is 15.9 Å². The van der Waals surface area contributed by atoms with Gasteiger partial charge < -0.3 is 11.1 Å². The Bertz CT molecular complexity index is 980. The van der Waals surface area contributed by atoms with Gasteiger partial charge in [0.25, 0.3) is 5.91 Å². The fraction of sp³-hybridized carbons (Fsp3) is 0.222. The summed E-state index contributed by atoms with van der Waals surface area (Å²) in [4.78, 5) is 18.8. The molecule has 0 atom stereocenters. The maximum absolute atomic E-state index is 12.7. The molecule has 2 aromatic heterocycles. The van der Waals surface area contributed by atoms with Gasteiger partial charge in [0.1, 0.15) is 9.71 Å². The fourth-order valence-electron chi connectivity index (χ4n) is 3.11.